The molecule has 7 nitrogen and oxygen atoms in total. The van der Waals surface area contributed by atoms with Gasteiger partial charge in [-0.25, -0.2) is 23.1 Å². The average Bonchev–Trinajstić information content (AvgIpc) is 2.79. The number of para-hydroxylation sites is 1. The van der Waals surface area contributed by atoms with Crippen molar-refractivity contribution in [2.45, 2.75) is 18.0 Å². The van der Waals surface area contributed by atoms with Gasteiger partial charge < -0.3 is 4.90 Å². The third-order valence-electron chi connectivity index (χ3n) is 5.42. The van der Waals surface area contributed by atoms with Gasteiger partial charge in [-0.3, -0.25) is 4.98 Å². The second-order valence-electron chi connectivity index (χ2n) is 7.72. The minimum atomic E-state index is -3.42. The van der Waals surface area contributed by atoms with E-state index in [4.69, 9.17) is 4.98 Å². The third-order valence-corrected chi connectivity index (χ3v) is 6.53. The number of rotatable bonds is 4. The van der Waals surface area contributed by atoms with Gasteiger partial charge >= 0.3 is 6.03 Å². The first-order valence-corrected chi connectivity index (χ1v) is 12.0. The van der Waals surface area contributed by atoms with Gasteiger partial charge in [0.25, 0.3) is 0 Å². The number of carbonyl (C=O) groups is 1. The maximum atomic E-state index is 13.6. The number of hydrogen-bond donors (Lipinski definition) is 0. The number of carbonyl (C=O) groups excluding carboxylic acids is 1. The van der Waals surface area contributed by atoms with Crippen molar-refractivity contribution < 1.29 is 13.2 Å². The second-order valence-corrected chi connectivity index (χ2v) is 9.74. The van der Waals surface area contributed by atoms with Gasteiger partial charge in [0.2, 0.25) is 0 Å². The molecule has 3 heterocycles. The Morgan fingerprint density at radius 3 is 2.66 bits per heavy atom. The van der Waals surface area contributed by atoms with Crippen molar-refractivity contribution in [3.05, 3.63) is 90.3 Å². The first-order chi connectivity index (χ1) is 15.4. The molecule has 2 aromatic carbocycles. The number of fused-ring (bicyclic) bond motifs is 2. The largest absolute Gasteiger partial charge is 0.330 e. The zero-order valence-electron chi connectivity index (χ0n) is 17.3. The van der Waals surface area contributed by atoms with Gasteiger partial charge in [-0.05, 0) is 36.4 Å². The fourth-order valence-corrected chi connectivity index (χ4v) is 4.52. The third kappa shape index (κ3) is 3.69. The molecule has 32 heavy (non-hydrogen) atoms. The Hall–Kier alpha value is -3.78. The van der Waals surface area contributed by atoms with Crippen LogP contribution in [0, 0.1) is 0 Å². The van der Waals surface area contributed by atoms with E-state index in [-0.39, 0.29) is 10.9 Å². The summed E-state index contributed by atoms with van der Waals surface area (Å²) >= 11 is 0. The number of sulfone groups is 1. The number of anilines is 2. The van der Waals surface area contributed by atoms with Crippen molar-refractivity contribution in [2.75, 3.05) is 11.2 Å². The molecule has 0 unspecified atom stereocenters. The summed E-state index contributed by atoms with van der Waals surface area (Å²) in [6.45, 7) is 0.707. The molecule has 0 bridgehead atoms. The summed E-state index contributed by atoms with van der Waals surface area (Å²) in [5.74, 6) is 0.505. The molecule has 5 rings (SSSR count). The summed E-state index contributed by atoms with van der Waals surface area (Å²) in [6, 6.07) is 21.6. The van der Waals surface area contributed by atoms with Crippen LogP contribution in [0.15, 0.2) is 83.9 Å². The molecule has 0 N–H and O–H groups in total. The maximum Gasteiger partial charge on any atom is 0.330 e. The van der Waals surface area contributed by atoms with Gasteiger partial charge in [0.05, 0.1) is 34.9 Å². The quantitative estimate of drug-likeness (QED) is 0.468. The number of benzene rings is 2. The van der Waals surface area contributed by atoms with E-state index in [0.717, 1.165) is 28.4 Å². The van der Waals surface area contributed by atoms with Gasteiger partial charge in [0, 0.05) is 23.4 Å². The molecular formula is C24H20N4O3S. The van der Waals surface area contributed by atoms with Crippen molar-refractivity contribution in [2.24, 2.45) is 0 Å². The lowest BCUT2D eigenvalue weighted by Gasteiger charge is -2.36. The van der Waals surface area contributed by atoms with Gasteiger partial charge in [-0.2, -0.15) is 0 Å². The smallest absolute Gasteiger partial charge is 0.314 e. The number of pyridine rings is 2. The molecule has 8 heteroatoms. The molecule has 0 aliphatic carbocycles. The predicted octanol–water partition coefficient (Wildman–Crippen LogP) is 4.31. The van der Waals surface area contributed by atoms with E-state index in [1.165, 1.54) is 17.0 Å². The molecular weight excluding hydrogens is 424 g/mol. The SMILES string of the molecule is CS(=O)(=O)c1cccc(N2C(=O)N(Cc3ccc4ccccc4n3)Cc3cccnc32)c1. The predicted molar refractivity (Wildman–Crippen MR) is 122 cm³/mol. The average molecular weight is 445 g/mol. The van der Waals surface area contributed by atoms with E-state index in [2.05, 4.69) is 4.98 Å². The highest BCUT2D eigenvalue weighted by atomic mass is 32.2. The van der Waals surface area contributed by atoms with E-state index < -0.39 is 9.84 Å². The topological polar surface area (TPSA) is 83.5 Å². The minimum Gasteiger partial charge on any atom is -0.314 e. The number of hydrogen-bond acceptors (Lipinski definition) is 5. The lowest BCUT2D eigenvalue weighted by atomic mass is 10.1. The van der Waals surface area contributed by atoms with E-state index in [1.54, 1.807) is 23.2 Å². The first-order valence-electron chi connectivity index (χ1n) is 10.1. The Morgan fingerprint density at radius 2 is 1.81 bits per heavy atom. The van der Waals surface area contributed by atoms with Crippen LogP contribution in [-0.4, -0.2) is 35.6 Å². The molecule has 0 spiro atoms. The van der Waals surface area contributed by atoms with Gasteiger partial charge in [-0.1, -0.05) is 36.4 Å². The van der Waals surface area contributed by atoms with Gasteiger partial charge in [0.15, 0.2) is 9.84 Å². The Kier molecular flexibility index (Phi) is 4.86. The molecule has 0 saturated carbocycles. The molecule has 0 saturated heterocycles. The van der Waals surface area contributed by atoms with Crippen LogP contribution >= 0.6 is 0 Å². The molecule has 0 radical (unpaired) electrons. The highest BCUT2D eigenvalue weighted by molar-refractivity contribution is 7.90. The summed E-state index contributed by atoms with van der Waals surface area (Å²) in [5.41, 5.74) is 2.97. The Bertz CT molecular complexity index is 1450. The highest BCUT2D eigenvalue weighted by Gasteiger charge is 2.33. The monoisotopic (exact) mass is 444 g/mol. The van der Waals surface area contributed by atoms with Crippen molar-refractivity contribution >= 4 is 38.3 Å². The number of nitrogens with zero attached hydrogens (tertiary/aromatic N) is 4. The Labute approximate surface area is 185 Å². The molecule has 0 fully saturated rings. The summed E-state index contributed by atoms with van der Waals surface area (Å²) in [5, 5.41) is 1.04. The summed E-state index contributed by atoms with van der Waals surface area (Å²) in [7, 11) is -3.42. The second kappa shape index (κ2) is 7.72. The Morgan fingerprint density at radius 1 is 0.969 bits per heavy atom. The van der Waals surface area contributed by atoms with Crippen molar-refractivity contribution in [3.8, 4) is 0 Å². The fraction of sp³-hybridized carbons (Fsp3) is 0.125. The van der Waals surface area contributed by atoms with Crippen LogP contribution in [0.25, 0.3) is 10.9 Å². The number of urea groups is 1. The molecule has 4 aromatic rings. The molecule has 2 aromatic heterocycles. The van der Waals surface area contributed by atoms with Crippen LogP contribution in [0.2, 0.25) is 0 Å². The molecule has 160 valence electrons. The van der Waals surface area contributed by atoms with Crippen molar-refractivity contribution in [1.82, 2.24) is 14.9 Å². The number of amides is 2. The standard InChI is InChI=1S/C24H20N4O3S/c1-32(30,31)21-9-4-8-20(14-21)28-23-18(7-5-13-25-23)15-27(24(28)29)16-19-12-11-17-6-2-3-10-22(17)26-19/h2-14H,15-16H2,1H3. The fourth-order valence-electron chi connectivity index (χ4n) is 3.86. The molecule has 1 aliphatic rings. The van der Waals surface area contributed by atoms with Crippen LogP contribution in [0.1, 0.15) is 11.3 Å². The van der Waals surface area contributed by atoms with E-state index >= 15 is 0 Å². The highest BCUT2D eigenvalue weighted by Crippen LogP contribution is 2.34. The van der Waals surface area contributed by atoms with Crippen LogP contribution in [0.5, 0.6) is 0 Å². The first kappa shape index (κ1) is 20.1. The van der Waals surface area contributed by atoms with Crippen LogP contribution in [-0.2, 0) is 22.9 Å². The lowest BCUT2D eigenvalue weighted by molar-refractivity contribution is 0.197. The zero-order valence-corrected chi connectivity index (χ0v) is 18.2. The van der Waals surface area contributed by atoms with E-state index in [9.17, 15) is 13.2 Å². The Balaban J connectivity index is 1.55. The van der Waals surface area contributed by atoms with Crippen LogP contribution in [0.3, 0.4) is 0 Å². The summed E-state index contributed by atoms with van der Waals surface area (Å²) < 4.78 is 24.1. The molecule has 2 amide bonds. The number of aromatic nitrogens is 2. The normalized spacial score (nSPS) is 14.0. The van der Waals surface area contributed by atoms with Crippen molar-refractivity contribution in [1.29, 1.82) is 0 Å². The summed E-state index contributed by atoms with van der Waals surface area (Å²) in [6.07, 6.45) is 2.77. The van der Waals surface area contributed by atoms with E-state index in [0.29, 0.717) is 24.6 Å². The summed E-state index contributed by atoms with van der Waals surface area (Å²) in [4.78, 5) is 26.0. The van der Waals surface area contributed by atoms with Crippen molar-refractivity contribution in [3.63, 3.8) is 0 Å². The molecule has 0 atom stereocenters. The van der Waals surface area contributed by atoms with E-state index in [1.807, 2.05) is 48.5 Å². The van der Waals surface area contributed by atoms with Gasteiger partial charge in [0.1, 0.15) is 5.82 Å². The molecule has 1 aliphatic heterocycles. The zero-order chi connectivity index (χ0) is 22.3. The van der Waals surface area contributed by atoms with Crippen LogP contribution < -0.4 is 4.90 Å². The van der Waals surface area contributed by atoms with Gasteiger partial charge in [-0.15, -0.1) is 0 Å². The lowest BCUT2D eigenvalue weighted by Crippen LogP contribution is -2.44. The maximum absolute atomic E-state index is 13.6. The minimum absolute atomic E-state index is 0.147. The van der Waals surface area contributed by atoms with Crippen LogP contribution in [0.4, 0.5) is 16.3 Å².